The molecule has 1 fully saturated rings. The maximum absolute atomic E-state index is 11.9. The maximum Gasteiger partial charge on any atom is 0.237 e. The van der Waals surface area contributed by atoms with Crippen molar-refractivity contribution in [3.63, 3.8) is 0 Å². The molecule has 1 aliphatic carbocycles. The van der Waals surface area contributed by atoms with Gasteiger partial charge in [-0.15, -0.1) is 12.4 Å². The van der Waals surface area contributed by atoms with Gasteiger partial charge >= 0.3 is 0 Å². The quantitative estimate of drug-likeness (QED) is 0.819. The van der Waals surface area contributed by atoms with Crippen LogP contribution in [-0.4, -0.2) is 30.0 Å². The standard InChI is InChI=1S/C13H26N2OS.ClH/c1-9-5-4-6-12(10(9)2)15-13(16)11(14)7-8-17-3;/h9-12H,4-8,14H2,1-3H3,(H,15,16);1H/t9?,10?,11-,12?;/m0./s1. The minimum Gasteiger partial charge on any atom is -0.352 e. The van der Waals surface area contributed by atoms with Gasteiger partial charge in [-0.05, 0) is 36.7 Å². The van der Waals surface area contributed by atoms with Gasteiger partial charge in [-0.25, -0.2) is 0 Å². The van der Waals surface area contributed by atoms with Crippen molar-refractivity contribution in [2.45, 2.75) is 51.6 Å². The molecule has 0 aromatic rings. The average molecular weight is 295 g/mol. The summed E-state index contributed by atoms with van der Waals surface area (Å²) < 4.78 is 0. The van der Waals surface area contributed by atoms with Crippen LogP contribution in [0.3, 0.4) is 0 Å². The molecule has 0 spiro atoms. The third-order valence-electron chi connectivity index (χ3n) is 4.00. The molecule has 4 atom stereocenters. The fraction of sp³-hybridized carbons (Fsp3) is 0.923. The van der Waals surface area contributed by atoms with Gasteiger partial charge in [-0.2, -0.15) is 11.8 Å². The SMILES string of the molecule is CSCC[C@H](N)C(=O)NC1CCCC(C)C1C.Cl. The summed E-state index contributed by atoms with van der Waals surface area (Å²) in [5.74, 6) is 2.26. The largest absolute Gasteiger partial charge is 0.352 e. The van der Waals surface area contributed by atoms with Crippen LogP contribution in [-0.2, 0) is 4.79 Å². The van der Waals surface area contributed by atoms with E-state index < -0.39 is 0 Å². The smallest absolute Gasteiger partial charge is 0.237 e. The van der Waals surface area contributed by atoms with Crippen LogP contribution in [0.1, 0.15) is 39.5 Å². The van der Waals surface area contributed by atoms with Crippen LogP contribution >= 0.6 is 24.2 Å². The van der Waals surface area contributed by atoms with Crippen LogP contribution in [0.4, 0.5) is 0 Å². The molecule has 18 heavy (non-hydrogen) atoms. The second-order valence-corrected chi connectivity index (χ2v) is 6.26. The zero-order valence-corrected chi connectivity index (χ0v) is 13.3. The molecule has 5 heteroatoms. The minimum atomic E-state index is -0.341. The summed E-state index contributed by atoms with van der Waals surface area (Å²) in [4.78, 5) is 11.9. The summed E-state index contributed by atoms with van der Waals surface area (Å²) in [7, 11) is 0. The number of amides is 1. The lowest BCUT2D eigenvalue weighted by atomic mass is 9.78. The van der Waals surface area contributed by atoms with E-state index in [-0.39, 0.29) is 24.4 Å². The Morgan fingerprint density at radius 1 is 1.44 bits per heavy atom. The Bertz CT molecular complexity index is 253. The predicted molar refractivity (Wildman–Crippen MR) is 82.3 cm³/mol. The van der Waals surface area contributed by atoms with Gasteiger partial charge in [0, 0.05) is 6.04 Å². The van der Waals surface area contributed by atoms with Gasteiger partial charge in [0.1, 0.15) is 0 Å². The Balaban J connectivity index is 0.00000289. The highest BCUT2D eigenvalue weighted by molar-refractivity contribution is 7.98. The number of carbonyl (C=O) groups is 1. The Hall–Kier alpha value is 0.0700. The monoisotopic (exact) mass is 294 g/mol. The molecule has 0 aromatic carbocycles. The summed E-state index contributed by atoms with van der Waals surface area (Å²) in [5.41, 5.74) is 5.88. The number of halogens is 1. The molecule has 1 aliphatic rings. The fourth-order valence-electron chi connectivity index (χ4n) is 2.45. The highest BCUT2D eigenvalue weighted by atomic mass is 35.5. The first-order valence-electron chi connectivity index (χ1n) is 6.61. The van der Waals surface area contributed by atoms with Crippen molar-refractivity contribution >= 4 is 30.1 Å². The molecule has 1 amide bonds. The normalized spacial score (nSPS) is 29.2. The molecule has 0 bridgehead atoms. The zero-order chi connectivity index (χ0) is 12.8. The van der Waals surface area contributed by atoms with Crippen molar-refractivity contribution < 1.29 is 4.79 Å². The number of rotatable bonds is 5. The Morgan fingerprint density at radius 2 is 2.11 bits per heavy atom. The van der Waals surface area contributed by atoms with E-state index in [2.05, 4.69) is 19.2 Å². The van der Waals surface area contributed by atoms with Crippen molar-refractivity contribution in [1.29, 1.82) is 0 Å². The minimum absolute atomic E-state index is 0. The average Bonchev–Trinajstić information content (AvgIpc) is 2.31. The summed E-state index contributed by atoms with van der Waals surface area (Å²) in [6, 6.07) is -0.0153. The van der Waals surface area contributed by atoms with Gasteiger partial charge in [0.05, 0.1) is 6.04 Å². The molecule has 3 unspecified atom stereocenters. The summed E-state index contributed by atoms with van der Waals surface area (Å²) in [5, 5.41) is 3.13. The van der Waals surface area contributed by atoms with E-state index in [0.717, 1.165) is 18.6 Å². The molecule has 3 nitrogen and oxygen atoms in total. The van der Waals surface area contributed by atoms with Gasteiger partial charge in [-0.3, -0.25) is 4.79 Å². The van der Waals surface area contributed by atoms with E-state index in [4.69, 9.17) is 5.73 Å². The lowest BCUT2D eigenvalue weighted by Gasteiger charge is -2.35. The van der Waals surface area contributed by atoms with E-state index in [0.29, 0.717) is 17.9 Å². The molecule has 108 valence electrons. The third-order valence-corrected chi connectivity index (χ3v) is 4.65. The molecular formula is C13H27ClN2OS. The van der Waals surface area contributed by atoms with Crippen molar-refractivity contribution in [2.75, 3.05) is 12.0 Å². The molecule has 3 N–H and O–H groups in total. The maximum atomic E-state index is 11.9. The van der Waals surface area contributed by atoms with E-state index >= 15 is 0 Å². The van der Waals surface area contributed by atoms with E-state index in [9.17, 15) is 4.79 Å². The van der Waals surface area contributed by atoms with Gasteiger partial charge in [0.15, 0.2) is 0 Å². The first-order valence-corrected chi connectivity index (χ1v) is 8.00. The van der Waals surface area contributed by atoms with E-state index in [1.807, 2.05) is 6.26 Å². The lowest BCUT2D eigenvalue weighted by molar-refractivity contribution is -0.123. The number of carbonyl (C=O) groups excluding carboxylic acids is 1. The summed E-state index contributed by atoms with van der Waals surface area (Å²) >= 11 is 1.73. The van der Waals surface area contributed by atoms with Crippen LogP contribution < -0.4 is 11.1 Å². The second-order valence-electron chi connectivity index (χ2n) is 5.27. The first-order chi connectivity index (χ1) is 8.06. The fourth-order valence-corrected chi connectivity index (χ4v) is 2.94. The van der Waals surface area contributed by atoms with Gasteiger partial charge in [0.2, 0.25) is 5.91 Å². The number of nitrogens with two attached hydrogens (primary N) is 1. The van der Waals surface area contributed by atoms with Crippen LogP contribution in [0.5, 0.6) is 0 Å². The van der Waals surface area contributed by atoms with Gasteiger partial charge in [-0.1, -0.05) is 26.7 Å². The summed E-state index contributed by atoms with van der Waals surface area (Å²) in [6.07, 6.45) is 6.41. The molecular weight excluding hydrogens is 268 g/mol. The van der Waals surface area contributed by atoms with Crippen LogP contribution in [0.25, 0.3) is 0 Å². The molecule has 0 heterocycles. The molecule has 1 saturated carbocycles. The molecule has 0 radical (unpaired) electrons. The topological polar surface area (TPSA) is 55.1 Å². The summed E-state index contributed by atoms with van der Waals surface area (Å²) in [6.45, 7) is 4.51. The second kappa shape index (κ2) is 9.05. The highest BCUT2D eigenvalue weighted by Gasteiger charge is 2.29. The van der Waals surface area contributed by atoms with Crippen LogP contribution in [0.2, 0.25) is 0 Å². The van der Waals surface area contributed by atoms with E-state index in [1.54, 1.807) is 11.8 Å². The highest BCUT2D eigenvalue weighted by Crippen LogP contribution is 2.29. The van der Waals surface area contributed by atoms with Gasteiger partial charge in [0.25, 0.3) is 0 Å². The van der Waals surface area contributed by atoms with Crippen LogP contribution in [0, 0.1) is 11.8 Å². The molecule has 1 rings (SSSR count). The number of hydrogen-bond donors (Lipinski definition) is 2. The molecule has 0 saturated heterocycles. The van der Waals surface area contributed by atoms with Crippen LogP contribution in [0.15, 0.2) is 0 Å². The Labute approximate surface area is 121 Å². The first kappa shape index (κ1) is 18.1. The van der Waals surface area contributed by atoms with Crippen molar-refractivity contribution in [2.24, 2.45) is 17.6 Å². The number of hydrogen-bond acceptors (Lipinski definition) is 3. The third kappa shape index (κ3) is 5.37. The van der Waals surface area contributed by atoms with Crippen molar-refractivity contribution in [3.8, 4) is 0 Å². The number of nitrogens with one attached hydrogen (secondary N) is 1. The zero-order valence-electron chi connectivity index (χ0n) is 11.6. The van der Waals surface area contributed by atoms with Crippen molar-refractivity contribution in [3.05, 3.63) is 0 Å². The van der Waals surface area contributed by atoms with E-state index in [1.165, 1.54) is 12.8 Å². The Kier molecular flexibility index (Phi) is 9.09. The molecule has 0 aliphatic heterocycles. The Morgan fingerprint density at radius 3 is 2.72 bits per heavy atom. The van der Waals surface area contributed by atoms with Gasteiger partial charge < -0.3 is 11.1 Å². The predicted octanol–water partition coefficient (Wildman–Crippen LogP) is 2.43. The van der Waals surface area contributed by atoms with Crippen molar-refractivity contribution in [1.82, 2.24) is 5.32 Å². The lowest BCUT2D eigenvalue weighted by Crippen LogP contribution is -2.49. The number of thioether (sulfide) groups is 1. The molecule has 0 aromatic heterocycles.